The average Bonchev–Trinajstić information content (AvgIpc) is 3.30. The van der Waals surface area contributed by atoms with Crippen LogP contribution in [0, 0.1) is 0 Å². The first-order valence-corrected chi connectivity index (χ1v) is 11.9. The quantitative estimate of drug-likeness (QED) is 0.564. The molecule has 148 valence electrons. The summed E-state index contributed by atoms with van der Waals surface area (Å²) in [6.45, 7) is 0.304. The van der Waals surface area contributed by atoms with Gasteiger partial charge in [0.2, 0.25) is 10.0 Å². The van der Waals surface area contributed by atoms with Crippen LogP contribution in [0.15, 0.2) is 41.8 Å². The van der Waals surface area contributed by atoms with E-state index in [1.165, 1.54) is 22.7 Å². The van der Waals surface area contributed by atoms with E-state index in [0.29, 0.717) is 23.0 Å². The molecule has 28 heavy (non-hydrogen) atoms. The zero-order valence-corrected chi connectivity index (χ0v) is 17.7. The number of carbonyl (C=O) groups excluding carboxylic acids is 1. The molecular weight excluding hydrogens is 418 g/mol. The standard InChI is InChI=1S/C18H19N3O4S3/c1-25-13-5-3-12(4-6-13)15-11-26-18(20-15)21-17(22)16-8-7-14(27-16)9-10-19-28(2,23)24/h3-8,11,19H,9-10H2,1-2H3,(H,20,21,22). The summed E-state index contributed by atoms with van der Waals surface area (Å²) in [6.07, 6.45) is 1.65. The van der Waals surface area contributed by atoms with E-state index >= 15 is 0 Å². The van der Waals surface area contributed by atoms with Crippen LogP contribution in [0.4, 0.5) is 5.13 Å². The molecule has 0 aliphatic heterocycles. The molecule has 3 rings (SSSR count). The minimum Gasteiger partial charge on any atom is -0.497 e. The van der Waals surface area contributed by atoms with E-state index in [0.717, 1.165) is 28.1 Å². The van der Waals surface area contributed by atoms with Crippen molar-refractivity contribution in [3.8, 4) is 17.0 Å². The number of methoxy groups -OCH3 is 1. The molecule has 0 radical (unpaired) electrons. The Bertz CT molecular complexity index is 1060. The molecule has 0 aliphatic rings. The summed E-state index contributed by atoms with van der Waals surface area (Å²) in [5, 5.41) is 5.21. The lowest BCUT2D eigenvalue weighted by Gasteiger charge is -2.01. The molecule has 0 aliphatic carbocycles. The normalized spacial score (nSPS) is 11.4. The maximum absolute atomic E-state index is 12.4. The van der Waals surface area contributed by atoms with Crippen LogP contribution in [0.25, 0.3) is 11.3 Å². The minimum absolute atomic E-state index is 0.233. The predicted molar refractivity (Wildman–Crippen MR) is 113 cm³/mol. The van der Waals surface area contributed by atoms with E-state index in [4.69, 9.17) is 4.74 Å². The Balaban J connectivity index is 1.60. The summed E-state index contributed by atoms with van der Waals surface area (Å²) in [4.78, 5) is 18.4. The van der Waals surface area contributed by atoms with E-state index < -0.39 is 10.0 Å². The number of benzene rings is 1. The Labute approximate surface area is 171 Å². The first-order valence-electron chi connectivity index (χ1n) is 8.29. The van der Waals surface area contributed by atoms with Crippen molar-refractivity contribution in [3.05, 3.63) is 51.5 Å². The van der Waals surface area contributed by atoms with Gasteiger partial charge in [0.25, 0.3) is 5.91 Å². The van der Waals surface area contributed by atoms with Crippen molar-refractivity contribution in [3.63, 3.8) is 0 Å². The van der Waals surface area contributed by atoms with Crippen molar-refractivity contribution in [1.82, 2.24) is 9.71 Å². The van der Waals surface area contributed by atoms with Gasteiger partial charge in [-0.05, 0) is 42.8 Å². The Morgan fingerprint density at radius 1 is 1.18 bits per heavy atom. The molecule has 1 aromatic carbocycles. The first kappa shape index (κ1) is 20.5. The van der Waals surface area contributed by atoms with Gasteiger partial charge in [-0.2, -0.15) is 0 Å². The minimum atomic E-state index is -3.21. The number of ether oxygens (including phenoxy) is 1. The van der Waals surface area contributed by atoms with Crippen molar-refractivity contribution in [2.24, 2.45) is 0 Å². The predicted octanol–water partition coefficient (Wildman–Crippen LogP) is 3.22. The van der Waals surface area contributed by atoms with E-state index in [-0.39, 0.29) is 5.91 Å². The van der Waals surface area contributed by atoms with Crippen LogP contribution >= 0.6 is 22.7 Å². The van der Waals surface area contributed by atoms with Crippen LogP contribution in [0.3, 0.4) is 0 Å². The third kappa shape index (κ3) is 5.61. The molecule has 0 saturated carbocycles. The van der Waals surface area contributed by atoms with Gasteiger partial charge in [0.05, 0.1) is 23.9 Å². The van der Waals surface area contributed by atoms with Gasteiger partial charge in [0, 0.05) is 22.4 Å². The fraction of sp³-hybridized carbons (Fsp3) is 0.222. The third-order valence-electron chi connectivity index (χ3n) is 3.73. The van der Waals surface area contributed by atoms with Gasteiger partial charge in [-0.3, -0.25) is 10.1 Å². The lowest BCUT2D eigenvalue weighted by atomic mass is 10.2. The van der Waals surface area contributed by atoms with Gasteiger partial charge in [0.1, 0.15) is 5.75 Å². The lowest BCUT2D eigenvalue weighted by Crippen LogP contribution is -2.24. The lowest BCUT2D eigenvalue weighted by molar-refractivity contribution is 0.103. The number of carbonyl (C=O) groups is 1. The van der Waals surface area contributed by atoms with E-state index in [1.54, 1.807) is 13.2 Å². The summed E-state index contributed by atoms with van der Waals surface area (Å²) in [6, 6.07) is 11.1. The Kier molecular flexibility index (Phi) is 6.45. The van der Waals surface area contributed by atoms with Crippen LogP contribution in [0.2, 0.25) is 0 Å². The average molecular weight is 438 g/mol. The second kappa shape index (κ2) is 8.82. The largest absolute Gasteiger partial charge is 0.497 e. The van der Waals surface area contributed by atoms with Crippen LogP contribution < -0.4 is 14.8 Å². The van der Waals surface area contributed by atoms with Crippen molar-refractivity contribution in [2.45, 2.75) is 6.42 Å². The summed E-state index contributed by atoms with van der Waals surface area (Å²) < 4.78 is 29.8. The number of rotatable bonds is 8. The number of amides is 1. The fourth-order valence-electron chi connectivity index (χ4n) is 2.38. The first-order chi connectivity index (χ1) is 13.3. The molecular formula is C18H19N3O4S3. The molecule has 3 aromatic rings. The molecule has 0 atom stereocenters. The second-order valence-corrected chi connectivity index (χ2v) is 9.76. The van der Waals surface area contributed by atoms with Gasteiger partial charge >= 0.3 is 0 Å². The van der Waals surface area contributed by atoms with Crippen molar-refractivity contribution in [2.75, 3.05) is 25.2 Å². The molecule has 0 fully saturated rings. The van der Waals surface area contributed by atoms with Crippen LogP contribution in [0.5, 0.6) is 5.75 Å². The molecule has 10 heteroatoms. The molecule has 0 spiro atoms. The maximum atomic E-state index is 12.4. The molecule has 1 amide bonds. The van der Waals surface area contributed by atoms with Gasteiger partial charge < -0.3 is 4.74 Å². The Morgan fingerprint density at radius 3 is 2.61 bits per heavy atom. The van der Waals surface area contributed by atoms with Crippen LogP contribution in [0.1, 0.15) is 14.5 Å². The number of hydrogen-bond donors (Lipinski definition) is 2. The third-order valence-corrected chi connectivity index (χ3v) is 6.36. The molecule has 0 saturated heterocycles. The highest BCUT2D eigenvalue weighted by atomic mass is 32.2. The summed E-state index contributed by atoms with van der Waals surface area (Å²) >= 11 is 2.69. The number of sulfonamides is 1. The van der Waals surface area contributed by atoms with Crippen LogP contribution in [-0.4, -0.2) is 39.2 Å². The number of aromatic nitrogens is 1. The number of hydrogen-bond acceptors (Lipinski definition) is 7. The van der Waals surface area contributed by atoms with Gasteiger partial charge in [-0.1, -0.05) is 0 Å². The summed E-state index contributed by atoms with van der Waals surface area (Å²) in [7, 11) is -1.59. The van der Waals surface area contributed by atoms with Gasteiger partial charge in [0.15, 0.2) is 5.13 Å². The zero-order chi connectivity index (χ0) is 20.1. The number of thiophene rings is 1. The molecule has 2 aromatic heterocycles. The second-order valence-electron chi connectivity index (χ2n) is 5.90. The number of nitrogens with zero attached hydrogens (tertiary/aromatic N) is 1. The van der Waals surface area contributed by atoms with Crippen molar-refractivity contribution in [1.29, 1.82) is 0 Å². The smallest absolute Gasteiger partial charge is 0.267 e. The van der Waals surface area contributed by atoms with E-state index in [2.05, 4.69) is 15.0 Å². The number of thiazole rings is 1. The summed E-state index contributed by atoms with van der Waals surface area (Å²) in [5.74, 6) is 0.538. The molecule has 0 bridgehead atoms. The summed E-state index contributed by atoms with van der Waals surface area (Å²) in [5.41, 5.74) is 1.72. The van der Waals surface area contributed by atoms with Crippen molar-refractivity contribution >= 4 is 43.7 Å². The highest BCUT2D eigenvalue weighted by Crippen LogP contribution is 2.27. The highest BCUT2D eigenvalue weighted by Gasteiger charge is 2.13. The van der Waals surface area contributed by atoms with Crippen molar-refractivity contribution < 1.29 is 17.9 Å². The Hall–Kier alpha value is -2.27. The number of nitrogens with one attached hydrogen (secondary N) is 2. The maximum Gasteiger partial charge on any atom is 0.267 e. The van der Waals surface area contributed by atoms with E-state index in [1.807, 2.05) is 35.7 Å². The molecule has 0 unspecified atom stereocenters. The fourth-order valence-corrected chi connectivity index (χ4v) is 4.47. The number of anilines is 1. The Morgan fingerprint density at radius 2 is 1.93 bits per heavy atom. The highest BCUT2D eigenvalue weighted by molar-refractivity contribution is 7.88. The molecule has 2 N–H and O–H groups in total. The van der Waals surface area contributed by atoms with E-state index in [9.17, 15) is 13.2 Å². The monoisotopic (exact) mass is 437 g/mol. The molecule has 7 nitrogen and oxygen atoms in total. The zero-order valence-electron chi connectivity index (χ0n) is 15.3. The van der Waals surface area contributed by atoms with Gasteiger partial charge in [-0.25, -0.2) is 18.1 Å². The topological polar surface area (TPSA) is 97.4 Å². The van der Waals surface area contributed by atoms with Crippen LogP contribution in [-0.2, 0) is 16.4 Å². The van der Waals surface area contributed by atoms with Gasteiger partial charge in [-0.15, -0.1) is 22.7 Å². The SMILES string of the molecule is COc1ccc(-c2csc(NC(=O)c3ccc(CCNS(C)(=O)=O)s3)n2)cc1. The molecule has 2 heterocycles.